The van der Waals surface area contributed by atoms with Crippen molar-refractivity contribution in [3.05, 3.63) is 29.8 Å². The Morgan fingerprint density at radius 2 is 1.88 bits per heavy atom. The van der Waals surface area contributed by atoms with E-state index in [4.69, 9.17) is 4.74 Å². The topological polar surface area (TPSA) is 41.6 Å². The van der Waals surface area contributed by atoms with Gasteiger partial charge in [0, 0.05) is 31.7 Å². The fourth-order valence-corrected chi connectivity index (χ4v) is 3.26. The highest BCUT2D eigenvalue weighted by Gasteiger charge is 2.29. The summed E-state index contributed by atoms with van der Waals surface area (Å²) in [5, 5.41) is 3.04. The first-order chi connectivity index (χ1) is 12.3. The van der Waals surface area contributed by atoms with Gasteiger partial charge in [-0.3, -0.25) is 4.79 Å². The first-order valence-corrected chi connectivity index (χ1v) is 9.40. The zero-order valence-electron chi connectivity index (χ0n) is 16.1. The summed E-state index contributed by atoms with van der Waals surface area (Å²) < 4.78 is 32.5. The van der Waals surface area contributed by atoms with Crippen molar-refractivity contribution in [2.45, 2.75) is 52.7 Å². The highest BCUT2D eigenvalue weighted by Crippen LogP contribution is 2.22. The molecule has 0 radical (unpaired) electrons. The predicted molar refractivity (Wildman–Crippen MR) is 98.1 cm³/mol. The standard InChI is InChI=1S/C20H30F2N2O2/c1-13(2)12-24-9-7-16(8-10-24)23-20(25)19(14(3)4)26-18-6-5-15(21)11-17(18)22/h5-6,11,13-14,16,19H,7-10,12H2,1-4H3,(H,23,25)/t19-/m1/s1. The van der Waals surface area contributed by atoms with E-state index in [1.807, 2.05) is 13.8 Å². The molecule has 1 amide bonds. The molecular weight excluding hydrogens is 338 g/mol. The summed E-state index contributed by atoms with van der Waals surface area (Å²) in [7, 11) is 0. The van der Waals surface area contributed by atoms with Gasteiger partial charge in [-0.05, 0) is 36.8 Å². The fraction of sp³-hybridized carbons (Fsp3) is 0.650. The van der Waals surface area contributed by atoms with Crippen LogP contribution in [0.4, 0.5) is 8.78 Å². The average molecular weight is 368 g/mol. The number of benzene rings is 1. The molecule has 0 saturated carbocycles. The minimum absolute atomic E-state index is 0.105. The van der Waals surface area contributed by atoms with Gasteiger partial charge in [-0.25, -0.2) is 8.78 Å². The molecule has 0 aliphatic carbocycles. The van der Waals surface area contributed by atoms with Gasteiger partial charge in [-0.1, -0.05) is 27.7 Å². The van der Waals surface area contributed by atoms with Crippen LogP contribution in [-0.2, 0) is 4.79 Å². The lowest BCUT2D eigenvalue weighted by Crippen LogP contribution is -2.50. The van der Waals surface area contributed by atoms with E-state index in [2.05, 4.69) is 24.1 Å². The summed E-state index contributed by atoms with van der Waals surface area (Å²) in [5.74, 6) is -1.33. The van der Waals surface area contributed by atoms with Crippen LogP contribution in [0.5, 0.6) is 5.75 Å². The molecule has 1 atom stereocenters. The van der Waals surface area contributed by atoms with E-state index in [1.54, 1.807) is 0 Å². The van der Waals surface area contributed by atoms with Crippen LogP contribution in [0.1, 0.15) is 40.5 Å². The van der Waals surface area contributed by atoms with Crippen molar-refractivity contribution < 1.29 is 18.3 Å². The van der Waals surface area contributed by atoms with E-state index in [0.29, 0.717) is 5.92 Å². The molecule has 0 bridgehead atoms. The molecule has 1 aromatic carbocycles. The van der Waals surface area contributed by atoms with Gasteiger partial charge in [0.15, 0.2) is 17.7 Å². The Morgan fingerprint density at radius 3 is 2.42 bits per heavy atom. The molecule has 1 saturated heterocycles. The van der Waals surface area contributed by atoms with Gasteiger partial charge in [0.1, 0.15) is 5.82 Å². The minimum Gasteiger partial charge on any atom is -0.477 e. The largest absolute Gasteiger partial charge is 0.477 e. The van der Waals surface area contributed by atoms with Crippen LogP contribution in [-0.4, -0.2) is 42.6 Å². The van der Waals surface area contributed by atoms with Gasteiger partial charge < -0.3 is 15.0 Å². The third-order valence-corrected chi connectivity index (χ3v) is 4.57. The highest BCUT2D eigenvalue weighted by molar-refractivity contribution is 5.81. The number of halogens is 2. The number of nitrogens with zero attached hydrogens (tertiary/aromatic N) is 1. The van der Waals surface area contributed by atoms with Crippen molar-refractivity contribution in [3.8, 4) is 5.75 Å². The van der Waals surface area contributed by atoms with Gasteiger partial charge in [0.2, 0.25) is 0 Å². The maximum absolute atomic E-state index is 13.8. The van der Waals surface area contributed by atoms with E-state index in [1.165, 1.54) is 6.07 Å². The van der Waals surface area contributed by atoms with Crippen LogP contribution in [0.3, 0.4) is 0 Å². The molecule has 146 valence electrons. The highest BCUT2D eigenvalue weighted by atomic mass is 19.1. The maximum Gasteiger partial charge on any atom is 0.261 e. The second-order valence-electron chi connectivity index (χ2n) is 7.83. The van der Waals surface area contributed by atoms with Crippen LogP contribution in [0, 0.1) is 23.5 Å². The summed E-state index contributed by atoms with van der Waals surface area (Å²) in [4.78, 5) is 15.1. The number of likely N-dealkylation sites (tertiary alicyclic amines) is 1. The molecule has 6 heteroatoms. The molecule has 4 nitrogen and oxygen atoms in total. The molecule has 0 aromatic heterocycles. The van der Waals surface area contributed by atoms with Crippen LogP contribution in [0.25, 0.3) is 0 Å². The predicted octanol–water partition coefficient (Wildman–Crippen LogP) is 3.60. The molecule has 1 aliphatic rings. The molecular formula is C20H30F2N2O2. The zero-order valence-corrected chi connectivity index (χ0v) is 16.1. The Hall–Kier alpha value is -1.69. The maximum atomic E-state index is 13.8. The molecule has 0 unspecified atom stereocenters. The van der Waals surface area contributed by atoms with Gasteiger partial charge >= 0.3 is 0 Å². The van der Waals surface area contributed by atoms with Crippen molar-refractivity contribution >= 4 is 5.91 Å². The number of ether oxygens (including phenoxy) is 1. The Morgan fingerprint density at radius 1 is 1.23 bits per heavy atom. The monoisotopic (exact) mass is 368 g/mol. The lowest BCUT2D eigenvalue weighted by Gasteiger charge is -2.34. The van der Waals surface area contributed by atoms with Crippen LogP contribution in [0.2, 0.25) is 0 Å². The number of hydrogen-bond donors (Lipinski definition) is 1. The number of carbonyl (C=O) groups excluding carboxylic acids is 1. The minimum atomic E-state index is -0.816. The van der Waals surface area contributed by atoms with Crippen molar-refractivity contribution in [1.82, 2.24) is 10.2 Å². The van der Waals surface area contributed by atoms with Crippen molar-refractivity contribution in [2.24, 2.45) is 11.8 Å². The third kappa shape index (κ3) is 5.94. The number of nitrogens with one attached hydrogen (secondary N) is 1. The lowest BCUT2D eigenvalue weighted by atomic mass is 10.0. The third-order valence-electron chi connectivity index (χ3n) is 4.57. The lowest BCUT2D eigenvalue weighted by molar-refractivity contribution is -0.131. The molecule has 1 aromatic rings. The Bertz CT molecular complexity index is 599. The van der Waals surface area contributed by atoms with Crippen molar-refractivity contribution in [2.75, 3.05) is 19.6 Å². The average Bonchev–Trinajstić information content (AvgIpc) is 2.55. The van der Waals surface area contributed by atoms with E-state index >= 15 is 0 Å². The van der Waals surface area contributed by atoms with Crippen LogP contribution >= 0.6 is 0 Å². The number of piperidine rings is 1. The smallest absolute Gasteiger partial charge is 0.261 e. The van der Waals surface area contributed by atoms with E-state index < -0.39 is 17.7 Å². The number of rotatable bonds is 7. The fourth-order valence-electron chi connectivity index (χ4n) is 3.26. The summed E-state index contributed by atoms with van der Waals surface area (Å²) in [6.45, 7) is 11.1. The normalized spacial score (nSPS) is 17.5. The molecule has 1 heterocycles. The van der Waals surface area contributed by atoms with Crippen molar-refractivity contribution in [1.29, 1.82) is 0 Å². The Kier molecular flexibility index (Phi) is 7.38. The van der Waals surface area contributed by atoms with E-state index in [-0.39, 0.29) is 23.6 Å². The van der Waals surface area contributed by atoms with Crippen LogP contribution in [0.15, 0.2) is 18.2 Å². The summed E-state index contributed by atoms with van der Waals surface area (Å²) >= 11 is 0. The van der Waals surface area contributed by atoms with Gasteiger partial charge in [-0.2, -0.15) is 0 Å². The van der Waals surface area contributed by atoms with Crippen LogP contribution < -0.4 is 10.1 Å². The molecule has 1 aliphatic heterocycles. The first-order valence-electron chi connectivity index (χ1n) is 9.40. The number of hydrogen-bond acceptors (Lipinski definition) is 3. The van der Waals surface area contributed by atoms with Gasteiger partial charge in [0.25, 0.3) is 5.91 Å². The molecule has 1 fully saturated rings. The summed E-state index contributed by atoms with van der Waals surface area (Å²) in [5.41, 5.74) is 0. The van der Waals surface area contributed by atoms with Gasteiger partial charge in [-0.15, -0.1) is 0 Å². The number of amides is 1. The van der Waals surface area contributed by atoms with Crippen molar-refractivity contribution in [3.63, 3.8) is 0 Å². The number of carbonyl (C=O) groups is 1. The first kappa shape index (κ1) is 20.6. The van der Waals surface area contributed by atoms with E-state index in [0.717, 1.165) is 44.6 Å². The quantitative estimate of drug-likeness (QED) is 0.799. The summed E-state index contributed by atoms with van der Waals surface area (Å²) in [6.07, 6.45) is 0.978. The second-order valence-corrected chi connectivity index (χ2v) is 7.83. The SMILES string of the molecule is CC(C)CN1CCC(NC(=O)[C@H](Oc2ccc(F)cc2F)C(C)C)CC1. The Balaban J connectivity index is 1.92. The molecule has 2 rings (SSSR count). The van der Waals surface area contributed by atoms with Gasteiger partial charge in [0.05, 0.1) is 0 Å². The zero-order chi connectivity index (χ0) is 19.3. The molecule has 1 N–H and O–H groups in total. The molecule has 26 heavy (non-hydrogen) atoms. The summed E-state index contributed by atoms with van der Waals surface area (Å²) in [6, 6.07) is 3.21. The second kappa shape index (κ2) is 9.31. The van der Waals surface area contributed by atoms with E-state index in [9.17, 15) is 13.6 Å². The molecule has 0 spiro atoms. The Labute approximate surface area is 154 Å².